The molecule has 2 rings (SSSR count). The normalized spacial score (nSPS) is 9.95. The number of nitro groups is 1. The Bertz CT molecular complexity index is 659. The van der Waals surface area contributed by atoms with Crippen LogP contribution in [0.25, 0.3) is 0 Å². The summed E-state index contributed by atoms with van der Waals surface area (Å²) in [6, 6.07) is 7.77. The smallest absolute Gasteiger partial charge is 0.312 e. The van der Waals surface area contributed by atoms with Gasteiger partial charge in [-0.2, -0.15) is 0 Å². The topological polar surface area (TPSA) is 94.4 Å². The lowest BCUT2D eigenvalue weighted by Gasteiger charge is -2.07. The molecule has 108 valence electrons. The van der Waals surface area contributed by atoms with E-state index in [1.54, 1.807) is 30.6 Å². The standard InChI is InChI=1S/C14H13N3O4/c1-21-13-5-4-11(8-12(13)17(19)20)16-14(18)7-10-3-2-6-15-9-10/h2-6,8-9H,7H2,1H3,(H,16,18). The molecule has 0 aliphatic heterocycles. The zero-order chi connectivity index (χ0) is 15.2. The SMILES string of the molecule is COc1ccc(NC(=O)Cc2cccnc2)cc1[N+](=O)[O-]. The second kappa shape index (κ2) is 6.47. The van der Waals surface area contributed by atoms with Crippen molar-refractivity contribution in [2.45, 2.75) is 6.42 Å². The first-order valence-corrected chi connectivity index (χ1v) is 6.11. The summed E-state index contributed by atoms with van der Waals surface area (Å²) in [4.78, 5) is 26.2. The molecule has 0 unspecified atom stereocenters. The third-order valence-electron chi connectivity index (χ3n) is 2.75. The highest BCUT2D eigenvalue weighted by atomic mass is 16.6. The molecule has 0 saturated carbocycles. The number of hydrogen-bond donors (Lipinski definition) is 1. The number of carbonyl (C=O) groups excluding carboxylic acids is 1. The molecular formula is C14H13N3O4. The lowest BCUT2D eigenvalue weighted by Crippen LogP contribution is -2.14. The van der Waals surface area contributed by atoms with E-state index in [9.17, 15) is 14.9 Å². The van der Waals surface area contributed by atoms with Gasteiger partial charge >= 0.3 is 5.69 Å². The van der Waals surface area contributed by atoms with Crippen LogP contribution >= 0.6 is 0 Å². The van der Waals surface area contributed by atoms with E-state index in [2.05, 4.69) is 10.3 Å². The lowest BCUT2D eigenvalue weighted by atomic mass is 10.2. The van der Waals surface area contributed by atoms with Crippen molar-refractivity contribution in [2.75, 3.05) is 12.4 Å². The van der Waals surface area contributed by atoms with E-state index >= 15 is 0 Å². The Hall–Kier alpha value is -2.96. The maximum absolute atomic E-state index is 11.9. The summed E-state index contributed by atoms with van der Waals surface area (Å²) in [5, 5.41) is 13.5. The molecule has 2 aromatic rings. The molecule has 0 aliphatic carbocycles. The minimum Gasteiger partial charge on any atom is -0.490 e. The number of nitrogens with zero attached hydrogens (tertiary/aromatic N) is 2. The average Bonchev–Trinajstić information content (AvgIpc) is 2.48. The third kappa shape index (κ3) is 3.75. The number of benzene rings is 1. The fraction of sp³-hybridized carbons (Fsp3) is 0.143. The second-order valence-corrected chi connectivity index (χ2v) is 4.23. The van der Waals surface area contributed by atoms with Gasteiger partial charge in [0.25, 0.3) is 0 Å². The van der Waals surface area contributed by atoms with Crippen LogP contribution in [0.2, 0.25) is 0 Å². The van der Waals surface area contributed by atoms with E-state index in [0.717, 1.165) is 5.56 Å². The van der Waals surface area contributed by atoms with Crippen molar-refractivity contribution in [2.24, 2.45) is 0 Å². The molecule has 21 heavy (non-hydrogen) atoms. The molecule has 0 aliphatic rings. The Morgan fingerprint density at radius 3 is 2.86 bits per heavy atom. The van der Waals surface area contributed by atoms with Crippen molar-refractivity contribution in [3.8, 4) is 5.75 Å². The number of nitrogens with one attached hydrogen (secondary N) is 1. The number of aromatic nitrogens is 1. The quantitative estimate of drug-likeness (QED) is 0.671. The first-order valence-electron chi connectivity index (χ1n) is 6.11. The van der Waals surface area contributed by atoms with Crippen LogP contribution in [-0.4, -0.2) is 22.9 Å². The fourth-order valence-corrected chi connectivity index (χ4v) is 1.80. The van der Waals surface area contributed by atoms with Gasteiger partial charge in [-0.15, -0.1) is 0 Å². The zero-order valence-corrected chi connectivity index (χ0v) is 11.3. The van der Waals surface area contributed by atoms with E-state index < -0.39 is 4.92 Å². The highest BCUT2D eigenvalue weighted by molar-refractivity contribution is 5.92. The predicted octanol–water partition coefficient (Wildman–Crippen LogP) is 2.18. The molecule has 0 fully saturated rings. The molecule has 0 bridgehead atoms. The highest BCUT2D eigenvalue weighted by Gasteiger charge is 2.16. The van der Waals surface area contributed by atoms with Gasteiger partial charge in [0, 0.05) is 24.1 Å². The van der Waals surface area contributed by atoms with E-state index in [4.69, 9.17) is 4.74 Å². The molecule has 1 heterocycles. The van der Waals surface area contributed by atoms with E-state index in [0.29, 0.717) is 5.69 Å². The summed E-state index contributed by atoms with van der Waals surface area (Å²) in [7, 11) is 1.35. The number of methoxy groups -OCH3 is 1. The molecule has 1 aromatic heterocycles. The maximum atomic E-state index is 11.9. The number of carbonyl (C=O) groups is 1. The molecule has 0 atom stereocenters. The van der Waals surface area contributed by atoms with Crippen molar-refractivity contribution < 1.29 is 14.5 Å². The van der Waals surface area contributed by atoms with Crippen molar-refractivity contribution in [3.05, 3.63) is 58.4 Å². The Balaban J connectivity index is 2.11. The van der Waals surface area contributed by atoms with Crippen molar-refractivity contribution in [3.63, 3.8) is 0 Å². The Morgan fingerprint density at radius 1 is 1.43 bits per heavy atom. The lowest BCUT2D eigenvalue weighted by molar-refractivity contribution is -0.385. The van der Waals surface area contributed by atoms with Crippen LogP contribution in [-0.2, 0) is 11.2 Å². The first kappa shape index (κ1) is 14.4. The van der Waals surface area contributed by atoms with Crippen LogP contribution in [0, 0.1) is 10.1 Å². The molecule has 1 N–H and O–H groups in total. The van der Waals surface area contributed by atoms with Gasteiger partial charge in [-0.1, -0.05) is 6.07 Å². The van der Waals surface area contributed by atoms with Crippen LogP contribution in [0.5, 0.6) is 5.75 Å². The average molecular weight is 287 g/mol. The monoisotopic (exact) mass is 287 g/mol. The molecule has 0 radical (unpaired) electrons. The summed E-state index contributed by atoms with van der Waals surface area (Å²) in [6.07, 6.45) is 3.36. The molecule has 1 amide bonds. The molecule has 0 spiro atoms. The minimum absolute atomic E-state index is 0.144. The number of ether oxygens (including phenoxy) is 1. The third-order valence-corrected chi connectivity index (χ3v) is 2.75. The van der Waals surface area contributed by atoms with Crippen LogP contribution in [0.1, 0.15) is 5.56 Å². The van der Waals surface area contributed by atoms with Gasteiger partial charge in [0.1, 0.15) is 0 Å². The van der Waals surface area contributed by atoms with Crippen molar-refractivity contribution in [1.29, 1.82) is 0 Å². The van der Waals surface area contributed by atoms with E-state index in [-0.39, 0.29) is 23.8 Å². The summed E-state index contributed by atoms with van der Waals surface area (Å²) in [5.74, 6) is -0.132. The summed E-state index contributed by atoms with van der Waals surface area (Å²) in [6.45, 7) is 0. The summed E-state index contributed by atoms with van der Waals surface area (Å²) in [5.41, 5.74) is 0.908. The molecular weight excluding hydrogens is 274 g/mol. The number of pyridine rings is 1. The van der Waals surface area contributed by atoms with Gasteiger partial charge in [0.05, 0.1) is 18.5 Å². The van der Waals surface area contributed by atoms with Gasteiger partial charge in [-0.3, -0.25) is 19.9 Å². The first-order chi connectivity index (χ1) is 10.1. The maximum Gasteiger partial charge on any atom is 0.312 e. The van der Waals surface area contributed by atoms with Crippen LogP contribution in [0.3, 0.4) is 0 Å². The van der Waals surface area contributed by atoms with Gasteiger partial charge in [0.15, 0.2) is 5.75 Å². The Kier molecular flexibility index (Phi) is 4.45. The molecule has 1 aromatic carbocycles. The second-order valence-electron chi connectivity index (χ2n) is 4.23. The van der Waals surface area contributed by atoms with E-state index in [1.165, 1.54) is 19.2 Å². The fourth-order valence-electron chi connectivity index (χ4n) is 1.80. The van der Waals surface area contributed by atoms with Crippen LogP contribution < -0.4 is 10.1 Å². The van der Waals surface area contributed by atoms with Gasteiger partial charge in [-0.05, 0) is 23.8 Å². The molecule has 0 saturated heterocycles. The predicted molar refractivity (Wildman–Crippen MR) is 76.2 cm³/mol. The van der Waals surface area contributed by atoms with Crippen molar-refractivity contribution >= 4 is 17.3 Å². The van der Waals surface area contributed by atoms with Gasteiger partial charge < -0.3 is 10.1 Å². The molecule has 7 heteroatoms. The van der Waals surface area contributed by atoms with Crippen molar-refractivity contribution in [1.82, 2.24) is 4.98 Å². The number of amides is 1. The summed E-state index contributed by atoms with van der Waals surface area (Å²) >= 11 is 0. The Labute approximate surface area is 120 Å². The van der Waals surface area contributed by atoms with E-state index in [1.807, 2.05) is 0 Å². The Morgan fingerprint density at radius 2 is 2.24 bits per heavy atom. The van der Waals surface area contributed by atoms with Gasteiger partial charge in [-0.25, -0.2) is 0 Å². The number of anilines is 1. The largest absolute Gasteiger partial charge is 0.490 e. The van der Waals surface area contributed by atoms with Crippen LogP contribution in [0.15, 0.2) is 42.7 Å². The number of rotatable bonds is 5. The number of hydrogen-bond acceptors (Lipinski definition) is 5. The molecule has 7 nitrogen and oxygen atoms in total. The summed E-state index contributed by atoms with van der Waals surface area (Å²) < 4.78 is 4.90. The highest BCUT2D eigenvalue weighted by Crippen LogP contribution is 2.29. The van der Waals surface area contributed by atoms with Crippen LogP contribution in [0.4, 0.5) is 11.4 Å². The van der Waals surface area contributed by atoms with Gasteiger partial charge in [0.2, 0.25) is 5.91 Å². The number of nitro benzene ring substituents is 1. The minimum atomic E-state index is -0.560. The zero-order valence-electron chi connectivity index (χ0n) is 11.3.